The largest absolute Gasteiger partial charge is 0.370 e. The fraction of sp³-hybridized carbons (Fsp3) is 0.278. The zero-order chi connectivity index (χ0) is 17.8. The molecule has 1 saturated heterocycles. The summed E-state index contributed by atoms with van der Waals surface area (Å²) in [4.78, 5) is 18.6. The lowest BCUT2D eigenvalue weighted by atomic mass is 9.95. The van der Waals surface area contributed by atoms with Crippen molar-refractivity contribution >= 4 is 33.3 Å². The maximum Gasteiger partial charge on any atom is 0.228 e. The molecule has 1 amide bonds. The minimum Gasteiger partial charge on any atom is -0.370 e. The van der Waals surface area contributed by atoms with Crippen LogP contribution >= 0.6 is 15.9 Å². The molecule has 0 radical (unpaired) electrons. The second kappa shape index (κ2) is 7.62. The maximum atomic E-state index is 13.3. The Hall–Kier alpha value is -2.46. The average Bonchev–Trinajstić information content (AvgIpc) is 2.63. The highest BCUT2D eigenvalue weighted by molar-refractivity contribution is 9.10. The molecule has 0 spiro atoms. The van der Waals surface area contributed by atoms with Crippen molar-refractivity contribution in [3.05, 3.63) is 52.4 Å². The van der Waals surface area contributed by atoms with Crippen molar-refractivity contribution in [2.45, 2.75) is 12.8 Å². The van der Waals surface area contributed by atoms with Crippen LogP contribution in [0, 0.1) is 23.1 Å². The summed E-state index contributed by atoms with van der Waals surface area (Å²) >= 11 is 3.31. The van der Waals surface area contributed by atoms with E-state index in [0.29, 0.717) is 37.3 Å². The number of benzene rings is 1. The number of hydrogen-bond donors (Lipinski definition) is 1. The Bertz CT molecular complexity index is 811. The van der Waals surface area contributed by atoms with Gasteiger partial charge < -0.3 is 10.2 Å². The van der Waals surface area contributed by atoms with E-state index >= 15 is 0 Å². The van der Waals surface area contributed by atoms with Crippen LogP contribution in [0.15, 0.2) is 41.0 Å². The SMILES string of the molecule is N#Cc1cc(F)ccc1N1CCC(C(=O)Nc2ccc(Br)cn2)CC1. The Morgan fingerprint density at radius 2 is 2.08 bits per heavy atom. The van der Waals surface area contributed by atoms with Crippen LogP contribution in [0.3, 0.4) is 0 Å². The summed E-state index contributed by atoms with van der Waals surface area (Å²) in [5.74, 6) is -0.0424. The van der Waals surface area contributed by atoms with Crippen LogP contribution in [0.1, 0.15) is 18.4 Å². The van der Waals surface area contributed by atoms with Gasteiger partial charge >= 0.3 is 0 Å². The van der Waals surface area contributed by atoms with Gasteiger partial charge in [-0.15, -0.1) is 0 Å². The summed E-state index contributed by atoms with van der Waals surface area (Å²) in [5.41, 5.74) is 1.04. The lowest BCUT2D eigenvalue weighted by Crippen LogP contribution is -2.38. The van der Waals surface area contributed by atoms with E-state index in [1.165, 1.54) is 12.1 Å². The molecule has 3 rings (SSSR count). The Balaban J connectivity index is 1.61. The van der Waals surface area contributed by atoms with Gasteiger partial charge in [0.05, 0.1) is 11.3 Å². The molecule has 0 aliphatic carbocycles. The number of piperidine rings is 1. The average molecular weight is 403 g/mol. The number of anilines is 2. The summed E-state index contributed by atoms with van der Waals surface area (Å²) in [5, 5.41) is 12.0. The van der Waals surface area contributed by atoms with E-state index in [9.17, 15) is 14.4 Å². The number of amides is 1. The molecule has 1 aromatic heterocycles. The predicted molar refractivity (Wildman–Crippen MR) is 96.6 cm³/mol. The minimum absolute atomic E-state index is 0.0471. The first-order valence-corrected chi connectivity index (χ1v) is 8.73. The van der Waals surface area contributed by atoms with E-state index < -0.39 is 5.82 Å². The van der Waals surface area contributed by atoms with Crippen molar-refractivity contribution in [1.82, 2.24) is 4.98 Å². The van der Waals surface area contributed by atoms with Gasteiger partial charge in [0.2, 0.25) is 5.91 Å². The number of nitrogens with zero attached hydrogens (tertiary/aromatic N) is 3. The summed E-state index contributed by atoms with van der Waals surface area (Å²) in [7, 11) is 0. The maximum absolute atomic E-state index is 13.3. The molecule has 128 valence electrons. The van der Waals surface area contributed by atoms with E-state index in [1.807, 2.05) is 17.0 Å². The molecule has 1 aliphatic heterocycles. The predicted octanol–water partition coefficient (Wildman–Crippen LogP) is 3.71. The zero-order valence-corrected chi connectivity index (χ0v) is 15.0. The second-order valence-electron chi connectivity index (χ2n) is 5.89. The standard InChI is InChI=1S/C18H16BrFN4O/c19-14-1-4-17(22-11-14)23-18(25)12-5-7-24(8-6-12)16-3-2-15(20)9-13(16)10-21/h1-4,9,11-12H,5-8H2,(H,22,23,25). The monoisotopic (exact) mass is 402 g/mol. The van der Waals surface area contributed by atoms with Crippen molar-refractivity contribution in [1.29, 1.82) is 5.26 Å². The molecule has 1 aliphatic rings. The number of aromatic nitrogens is 1. The van der Waals surface area contributed by atoms with Gasteiger partial charge in [-0.05, 0) is 59.1 Å². The number of nitrogens with one attached hydrogen (secondary N) is 1. The van der Waals surface area contributed by atoms with E-state index in [-0.39, 0.29) is 11.8 Å². The van der Waals surface area contributed by atoms with E-state index in [0.717, 1.165) is 10.2 Å². The lowest BCUT2D eigenvalue weighted by Gasteiger charge is -2.33. The van der Waals surface area contributed by atoms with Crippen LogP contribution in [-0.2, 0) is 4.79 Å². The first-order chi connectivity index (χ1) is 12.1. The number of pyridine rings is 1. The van der Waals surface area contributed by atoms with E-state index in [4.69, 9.17) is 0 Å². The fourth-order valence-corrected chi connectivity index (χ4v) is 3.17. The molecule has 25 heavy (non-hydrogen) atoms. The number of carbonyl (C=O) groups is 1. The second-order valence-corrected chi connectivity index (χ2v) is 6.80. The fourth-order valence-electron chi connectivity index (χ4n) is 2.93. The number of nitriles is 1. The van der Waals surface area contributed by atoms with Gasteiger partial charge in [0.15, 0.2) is 0 Å². The first-order valence-electron chi connectivity index (χ1n) is 7.94. The van der Waals surface area contributed by atoms with Crippen molar-refractivity contribution < 1.29 is 9.18 Å². The summed E-state index contributed by atoms with van der Waals surface area (Å²) in [6.07, 6.45) is 2.98. The third kappa shape index (κ3) is 4.15. The van der Waals surface area contributed by atoms with E-state index in [1.54, 1.807) is 18.3 Å². The van der Waals surface area contributed by atoms with Crippen molar-refractivity contribution in [2.24, 2.45) is 5.92 Å². The third-order valence-corrected chi connectivity index (χ3v) is 4.73. The number of halogens is 2. The first kappa shape index (κ1) is 17.4. The van der Waals surface area contributed by atoms with E-state index in [2.05, 4.69) is 26.2 Å². The molecule has 0 unspecified atom stereocenters. The topological polar surface area (TPSA) is 69.0 Å². The summed E-state index contributed by atoms with van der Waals surface area (Å²) in [6, 6.07) is 9.82. The van der Waals surface area contributed by atoms with Crippen molar-refractivity contribution in [3.8, 4) is 6.07 Å². The molecule has 0 atom stereocenters. The van der Waals surface area contributed by atoms with Gasteiger partial charge in [-0.25, -0.2) is 9.37 Å². The molecular weight excluding hydrogens is 387 g/mol. The number of rotatable bonds is 3. The molecule has 0 bridgehead atoms. The van der Waals surface area contributed by atoms with Crippen LogP contribution in [-0.4, -0.2) is 24.0 Å². The van der Waals surface area contributed by atoms with Crippen LogP contribution < -0.4 is 10.2 Å². The molecule has 1 fully saturated rings. The zero-order valence-electron chi connectivity index (χ0n) is 13.4. The van der Waals surface area contributed by atoms with Crippen LogP contribution in [0.2, 0.25) is 0 Å². The quantitative estimate of drug-likeness (QED) is 0.849. The molecule has 5 nitrogen and oxygen atoms in total. The molecule has 0 saturated carbocycles. The van der Waals surface area contributed by atoms with Gasteiger partial charge in [0.1, 0.15) is 17.7 Å². The minimum atomic E-state index is -0.420. The van der Waals surface area contributed by atoms with Gasteiger partial charge in [0, 0.05) is 29.7 Å². The lowest BCUT2D eigenvalue weighted by molar-refractivity contribution is -0.120. The smallest absolute Gasteiger partial charge is 0.228 e. The Morgan fingerprint density at radius 1 is 1.32 bits per heavy atom. The Morgan fingerprint density at radius 3 is 2.72 bits per heavy atom. The highest BCUT2D eigenvalue weighted by atomic mass is 79.9. The van der Waals surface area contributed by atoms with Crippen LogP contribution in [0.5, 0.6) is 0 Å². The molecule has 1 N–H and O–H groups in total. The molecule has 2 heterocycles. The molecular formula is C18H16BrFN4O. The third-order valence-electron chi connectivity index (χ3n) is 4.26. The molecule has 7 heteroatoms. The summed E-state index contributed by atoms with van der Waals surface area (Å²) in [6.45, 7) is 1.29. The number of hydrogen-bond acceptors (Lipinski definition) is 4. The van der Waals surface area contributed by atoms with Gasteiger partial charge in [0.25, 0.3) is 0 Å². The Kier molecular flexibility index (Phi) is 5.29. The van der Waals surface area contributed by atoms with Crippen molar-refractivity contribution in [3.63, 3.8) is 0 Å². The van der Waals surface area contributed by atoms with Crippen LogP contribution in [0.4, 0.5) is 15.9 Å². The van der Waals surface area contributed by atoms with Gasteiger partial charge in [-0.1, -0.05) is 0 Å². The molecule has 1 aromatic carbocycles. The highest BCUT2D eigenvalue weighted by Gasteiger charge is 2.26. The highest BCUT2D eigenvalue weighted by Crippen LogP contribution is 2.27. The number of carbonyl (C=O) groups excluding carboxylic acids is 1. The van der Waals surface area contributed by atoms with Crippen molar-refractivity contribution in [2.75, 3.05) is 23.3 Å². The molecule has 2 aromatic rings. The summed E-state index contributed by atoms with van der Waals surface area (Å²) < 4.78 is 14.1. The van der Waals surface area contributed by atoms with Crippen LogP contribution in [0.25, 0.3) is 0 Å². The van der Waals surface area contributed by atoms with Gasteiger partial charge in [-0.3, -0.25) is 4.79 Å². The Labute approximate surface area is 153 Å². The van der Waals surface area contributed by atoms with Gasteiger partial charge in [-0.2, -0.15) is 5.26 Å². The normalized spacial score (nSPS) is 14.8.